The van der Waals surface area contributed by atoms with Gasteiger partial charge in [0.1, 0.15) is 5.78 Å². The Bertz CT molecular complexity index is 227. The van der Waals surface area contributed by atoms with Crippen molar-refractivity contribution < 1.29 is 4.79 Å². The summed E-state index contributed by atoms with van der Waals surface area (Å²) in [6.45, 7) is 10.4. The van der Waals surface area contributed by atoms with Gasteiger partial charge in [-0.1, -0.05) is 26.8 Å². The molecule has 1 fully saturated rings. The van der Waals surface area contributed by atoms with Crippen LogP contribution in [0, 0.1) is 17.3 Å². The van der Waals surface area contributed by atoms with Crippen LogP contribution in [0.3, 0.4) is 0 Å². The molecular formula is C13H22O. The summed E-state index contributed by atoms with van der Waals surface area (Å²) in [4.78, 5) is 11.6. The molecule has 0 heterocycles. The Labute approximate surface area is 87.6 Å². The summed E-state index contributed by atoms with van der Waals surface area (Å²) < 4.78 is 0. The lowest BCUT2D eigenvalue weighted by molar-refractivity contribution is -0.122. The third-order valence-corrected chi connectivity index (χ3v) is 3.42. The minimum absolute atomic E-state index is 0.237. The number of carbonyl (C=O) groups is 1. The Balaban J connectivity index is 2.58. The van der Waals surface area contributed by atoms with Gasteiger partial charge in [-0.2, -0.15) is 0 Å². The Morgan fingerprint density at radius 3 is 2.64 bits per heavy atom. The molecule has 1 aliphatic carbocycles. The van der Waals surface area contributed by atoms with Crippen molar-refractivity contribution in [2.75, 3.05) is 0 Å². The number of hydrogen-bond acceptors (Lipinski definition) is 1. The molecular weight excluding hydrogens is 172 g/mol. The highest BCUT2D eigenvalue weighted by Gasteiger charge is 2.35. The Hall–Kier alpha value is -0.590. The molecule has 0 unspecified atom stereocenters. The number of Topliss-reactive ketones (excluding diaryl/α,β-unsaturated/α-hetero) is 1. The van der Waals surface area contributed by atoms with Crippen LogP contribution in [0.15, 0.2) is 12.7 Å². The molecule has 0 aromatic rings. The minimum atomic E-state index is 0.237. The largest absolute Gasteiger partial charge is 0.299 e. The van der Waals surface area contributed by atoms with Gasteiger partial charge in [0.05, 0.1) is 0 Å². The molecule has 0 saturated heterocycles. The second-order valence-electron chi connectivity index (χ2n) is 5.45. The van der Waals surface area contributed by atoms with Crippen LogP contribution in [-0.2, 0) is 4.79 Å². The van der Waals surface area contributed by atoms with Crippen molar-refractivity contribution in [2.24, 2.45) is 17.3 Å². The molecule has 0 aromatic heterocycles. The second kappa shape index (κ2) is 4.29. The Morgan fingerprint density at radius 1 is 1.57 bits per heavy atom. The zero-order valence-electron chi connectivity index (χ0n) is 9.68. The quantitative estimate of drug-likeness (QED) is 0.625. The zero-order valence-corrected chi connectivity index (χ0v) is 9.68. The van der Waals surface area contributed by atoms with E-state index in [0.717, 1.165) is 25.7 Å². The van der Waals surface area contributed by atoms with Crippen LogP contribution < -0.4 is 0 Å². The number of rotatable bonds is 4. The highest BCUT2D eigenvalue weighted by molar-refractivity contribution is 5.83. The summed E-state index contributed by atoms with van der Waals surface area (Å²) in [6, 6.07) is 0. The maximum absolute atomic E-state index is 11.6. The highest BCUT2D eigenvalue weighted by atomic mass is 16.1. The SMILES string of the molecule is C=CCC(C)(C)C[C@@H]1C(=O)CC[C@H]1C. The molecule has 0 radical (unpaired) electrons. The predicted molar refractivity (Wildman–Crippen MR) is 60.1 cm³/mol. The van der Waals surface area contributed by atoms with Gasteiger partial charge in [-0.3, -0.25) is 4.79 Å². The fraction of sp³-hybridized carbons (Fsp3) is 0.769. The van der Waals surface area contributed by atoms with Crippen molar-refractivity contribution in [3.05, 3.63) is 12.7 Å². The molecule has 1 nitrogen and oxygen atoms in total. The van der Waals surface area contributed by atoms with Crippen LogP contribution in [0.5, 0.6) is 0 Å². The van der Waals surface area contributed by atoms with Crippen LogP contribution in [0.1, 0.15) is 46.5 Å². The molecule has 0 aromatic carbocycles. The summed E-state index contributed by atoms with van der Waals surface area (Å²) in [6.07, 6.45) is 5.89. The van der Waals surface area contributed by atoms with E-state index in [0.29, 0.717) is 17.6 Å². The minimum Gasteiger partial charge on any atom is -0.299 e. The summed E-state index contributed by atoms with van der Waals surface area (Å²) in [5.41, 5.74) is 0.237. The van der Waals surface area contributed by atoms with Crippen molar-refractivity contribution in [1.82, 2.24) is 0 Å². The lowest BCUT2D eigenvalue weighted by Gasteiger charge is -2.27. The van der Waals surface area contributed by atoms with Crippen LogP contribution in [0.25, 0.3) is 0 Å². The highest BCUT2D eigenvalue weighted by Crippen LogP contribution is 2.38. The third-order valence-electron chi connectivity index (χ3n) is 3.42. The smallest absolute Gasteiger partial charge is 0.136 e. The molecule has 1 rings (SSSR count). The fourth-order valence-corrected chi connectivity index (χ4v) is 2.46. The van der Waals surface area contributed by atoms with E-state index in [-0.39, 0.29) is 5.41 Å². The van der Waals surface area contributed by atoms with E-state index in [1.165, 1.54) is 0 Å². The lowest BCUT2D eigenvalue weighted by atomic mass is 9.77. The topological polar surface area (TPSA) is 17.1 Å². The fourth-order valence-electron chi connectivity index (χ4n) is 2.46. The molecule has 80 valence electrons. The molecule has 0 amide bonds. The van der Waals surface area contributed by atoms with E-state index in [2.05, 4.69) is 27.4 Å². The molecule has 0 spiro atoms. The second-order valence-corrected chi connectivity index (χ2v) is 5.45. The van der Waals surface area contributed by atoms with Gasteiger partial charge >= 0.3 is 0 Å². The standard InChI is InChI=1S/C13H22O/c1-5-8-13(3,4)9-11-10(2)6-7-12(11)14/h5,10-11H,1,6-9H2,2-4H3/t10-,11+/m1/s1. The summed E-state index contributed by atoms with van der Waals surface area (Å²) in [7, 11) is 0. The van der Waals surface area contributed by atoms with Gasteiger partial charge in [0.25, 0.3) is 0 Å². The van der Waals surface area contributed by atoms with Gasteiger partial charge in [0, 0.05) is 12.3 Å². The summed E-state index contributed by atoms with van der Waals surface area (Å²) in [5, 5.41) is 0. The molecule has 0 bridgehead atoms. The number of allylic oxidation sites excluding steroid dienone is 1. The van der Waals surface area contributed by atoms with Gasteiger partial charge < -0.3 is 0 Å². The van der Waals surface area contributed by atoms with Gasteiger partial charge in [0.15, 0.2) is 0 Å². The number of carbonyl (C=O) groups excluding carboxylic acids is 1. The molecule has 1 heteroatoms. The average Bonchev–Trinajstić information content (AvgIpc) is 2.35. The van der Waals surface area contributed by atoms with E-state index in [1.807, 2.05) is 6.08 Å². The first-order chi connectivity index (χ1) is 6.46. The number of ketones is 1. The maximum Gasteiger partial charge on any atom is 0.136 e. The van der Waals surface area contributed by atoms with Crippen LogP contribution >= 0.6 is 0 Å². The van der Waals surface area contributed by atoms with E-state index in [9.17, 15) is 4.79 Å². The Morgan fingerprint density at radius 2 is 2.21 bits per heavy atom. The van der Waals surface area contributed by atoms with E-state index in [1.54, 1.807) is 0 Å². The lowest BCUT2D eigenvalue weighted by Crippen LogP contribution is -2.22. The molecule has 2 atom stereocenters. The number of hydrogen-bond donors (Lipinski definition) is 0. The van der Waals surface area contributed by atoms with Crippen molar-refractivity contribution in [1.29, 1.82) is 0 Å². The van der Waals surface area contributed by atoms with Crippen LogP contribution in [0.2, 0.25) is 0 Å². The van der Waals surface area contributed by atoms with Gasteiger partial charge in [-0.15, -0.1) is 6.58 Å². The Kier molecular flexibility index (Phi) is 3.52. The van der Waals surface area contributed by atoms with Gasteiger partial charge in [-0.25, -0.2) is 0 Å². The summed E-state index contributed by atoms with van der Waals surface area (Å²) in [5.74, 6) is 1.38. The monoisotopic (exact) mass is 194 g/mol. The van der Waals surface area contributed by atoms with Gasteiger partial charge in [0.2, 0.25) is 0 Å². The molecule has 0 N–H and O–H groups in total. The first-order valence-electron chi connectivity index (χ1n) is 5.60. The molecule has 14 heavy (non-hydrogen) atoms. The molecule has 1 saturated carbocycles. The van der Waals surface area contributed by atoms with E-state index < -0.39 is 0 Å². The zero-order chi connectivity index (χ0) is 10.8. The van der Waals surface area contributed by atoms with Gasteiger partial charge in [-0.05, 0) is 30.6 Å². The van der Waals surface area contributed by atoms with Crippen LogP contribution in [-0.4, -0.2) is 5.78 Å². The molecule has 1 aliphatic rings. The average molecular weight is 194 g/mol. The third kappa shape index (κ3) is 2.70. The predicted octanol–water partition coefficient (Wildman–Crippen LogP) is 3.59. The maximum atomic E-state index is 11.6. The van der Waals surface area contributed by atoms with Crippen LogP contribution in [0.4, 0.5) is 0 Å². The first-order valence-corrected chi connectivity index (χ1v) is 5.60. The normalized spacial score (nSPS) is 28.1. The summed E-state index contributed by atoms with van der Waals surface area (Å²) >= 11 is 0. The van der Waals surface area contributed by atoms with Crippen molar-refractivity contribution in [2.45, 2.75) is 46.5 Å². The van der Waals surface area contributed by atoms with E-state index in [4.69, 9.17) is 0 Å². The van der Waals surface area contributed by atoms with Crippen molar-refractivity contribution >= 4 is 5.78 Å². The first kappa shape index (κ1) is 11.5. The van der Waals surface area contributed by atoms with E-state index >= 15 is 0 Å². The van der Waals surface area contributed by atoms with Crippen molar-refractivity contribution in [3.63, 3.8) is 0 Å². The van der Waals surface area contributed by atoms with Crippen molar-refractivity contribution in [3.8, 4) is 0 Å². The molecule has 0 aliphatic heterocycles.